The van der Waals surface area contributed by atoms with Crippen LogP contribution in [-0.4, -0.2) is 25.6 Å². The summed E-state index contributed by atoms with van der Waals surface area (Å²) in [6.45, 7) is 2.42. The fourth-order valence-electron chi connectivity index (χ4n) is 1.06. The highest BCUT2D eigenvalue weighted by atomic mass is 16.7. The van der Waals surface area contributed by atoms with E-state index in [1.165, 1.54) is 0 Å². The Labute approximate surface area is 59.9 Å². The lowest BCUT2D eigenvalue weighted by Crippen LogP contribution is -2.39. The van der Waals surface area contributed by atoms with Crippen LogP contribution < -0.4 is 10.8 Å². The lowest BCUT2D eigenvalue weighted by Gasteiger charge is -2.21. The first-order chi connectivity index (χ1) is 4.93. The molecule has 4 heteroatoms. The predicted octanol–water partition coefficient (Wildman–Crippen LogP) is -0.584. The fraction of sp³-hybridized carbons (Fsp3) is 0.833. The Balaban J connectivity index is 2.07. The summed E-state index contributed by atoms with van der Waals surface area (Å²) in [5.74, 6) is 0. The van der Waals surface area contributed by atoms with Gasteiger partial charge in [0.05, 0.1) is 0 Å². The van der Waals surface area contributed by atoms with Gasteiger partial charge in [0.1, 0.15) is 0 Å². The topological polar surface area (TPSA) is 50.4 Å². The molecule has 0 aromatic carbocycles. The third-order valence-corrected chi connectivity index (χ3v) is 1.62. The molecule has 1 aliphatic rings. The lowest BCUT2D eigenvalue weighted by atomic mass is 10.1. The standard InChI is InChI=1S/C6H12N2O2/c9-5-10-8-6-1-3-7-4-2-6/h5-8H,1-4H2. The molecule has 2 N–H and O–H groups in total. The maximum Gasteiger partial charge on any atom is 0.312 e. The summed E-state index contributed by atoms with van der Waals surface area (Å²) in [5.41, 5.74) is 2.66. The molecule has 1 fully saturated rings. The minimum Gasteiger partial charge on any atom is -0.373 e. The maximum atomic E-state index is 9.75. The molecule has 1 aliphatic heterocycles. The summed E-state index contributed by atoms with van der Waals surface area (Å²) in [5, 5.41) is 3.21. The number of piperidine rings is 1. The van der Waals surface area contributed by atoms with Gasteiger partial charge in [0.15, 0.2) is 0 Å². The molecule has 0 bridgehead atoms. The van der Waals surface area contributed by atoms with Crippen LogP contribution in [0.5, 0.6) is 0 Å². The van der Waals surface area contributed by atoms with Crippen LogP contribution in [0.15, 0.2) is 0 Å². The molecular formula is C6H12N2O2. The molecular weight excluding hydrogens is 132 g/mol. The summed E-state index contributed by atoms with van der Waals surface area (Å²) in [4.78, 5) is 14.2. The second-order valence-corrected chi connectivity index (χ2v) is 2.36. The van der Waals surface area contributed by atoms with E-state index in [0.29, 0.717) is 12.5 Å². The molecule has 1 rings (SSSR count). The van der Waals surface area contributed by atoms with Crippen molar-refractivity contribution in [1.29, 1.82) is 0 Å². The van der Waals surface area contributed by atoms with Crippen LogP contribution >= 0.6 is 0 Å². The molecule has 0 aromatic rings. The van der Waals surface area contributed by atoms with Gasteiger partial charge in [0, 0.05) is 6.04 Å². The van der Waals surface area contributed by atoms with Crippen molar-refractivity contribution in [2.45, 2.75) is 18.9 Å². The molecule has 0 atom stereocenters. The van der Waals surface area contributed by atoms with Crippen LogP contribution in [0.1, 0.15) is 12.8 Å². The van der Waals surface area contributed by atoms with E-state index in [2.05, 4.69) is 15.6 Å². The molecule has 1 saturated heterocycles. The average Bonchev–Trinajstić information content (AvgIpc) is 2.03. The molecule has 0 aliphatic carbocycles. The fourth-order valence-corrected chi connectivity index (χ4v) is 1.06. The van der Waals surface area contributed by atoms with Crippen molar-refractivity contribution in [1.82, 2.24) is 10.8 Å². The van der Waals surface area contributed by atoms with E-state index in [1.807, 2.05) is 0 Å². The normalized spacial score (nSPS) is 20.4. The van der Waals surface area contributed by atoms with Crippen LogP contribution in [0, 0.1) is 0 Å². The van der Waals surface area contributed by atoms with Crippen LogP contribution in [0.3, 0.4) is 0 Å². The molecule has 0 amide bonds. The van der Waals surface area contributed by atoms with Gasteiger partial charge in [0.25, 0.3) is 0 Å². The summed E-state index contributed by atoms with van der Waals surface area (Å²) < 4.78 is 0. The van der Waals surface area contributed by atoms with Gasteiger partial charge in [-0.3, -0.25) is 4.79 Å². The summed E-state index contributed by atoms with van der Waals surface area (Å²) >= 11 is 0. The SMILES string of the molecule is O=CONC1CCNCC1. The van der Waals surface area contributed by atoms with Crippen molar-refractivity contribution >= 4 is 6.47 Å². The Morgan fingerprint density at radius 2 is 2.20 bits per heavy atom. The molecule has 58 valence electrons. The smallest absolute Gasteiger partial charge is 0.312 e. The highest BCUT2D eigenvalue weighted by Crippen LogP contribution is 2.00. The highest BCUT2D eigenvalue weighted by Gasteiger charge is 2.11. The summed E-state index contributed by atoms with van der Waals surface area (Å²) in [6.07, 6.45) is 2.04. The van der Waals surface area contributed by atoms with E-state index in [4.69, 9.17) is 0 Å². The van der Waals surface area contributed by atoms with E-state index in [0.717, 1.165) is 25.9 Å². The van der Waals surface area contributed by atoms with Crippen molar-refractivity contribution < 1.29 is 9.63 Å². The van der Waals surface area contributed by atoms with Gasteiger partial charge in [-0.15, -0.1) is 0 Å². The average molecular weight is 144 g/mol. The Kier molecular flexibility index (Phi) is 3.18. The first-order valence-corrected chi connectivity index (χ1v) is 3.49. The molecule has 1 heterocycles. The number of carbonyl (C=O) groups excluding carboxylic acids is 1. The zero-order valence-electron chi connectivity index (χ0n) is 5.80. The summed E-state index contributed by atoms with van der Waals surface area (Å²) in [6, 6.07) is 0.339. The Morgan fingerprint density at radius 3 is 2.80 bits per heavy atom. The minimum atomic E-state index is 0.339. The van der Waals surface area contributed by atoms with E-state index in [1.54, 1.807) is 0 Å². The first-order valence-electron chi connectivity index (χ1n) is 3.49. The predicted molar refractivity (Wildman–Crippen MR) is 36.2 cm³/mol. The molecule has 10 heavy (non-hydrogen) atoms. The van der Waals surface area contributed by atoms with Gasteiger partial charge in [0.2, 0.25) is 0 Å². The van der Waals surface area contributed by atoms with Gasteiger partial charge in [-0.2, -0.15) is 5.48 Å². The van der Waals surface area contributed by atoms with Crippen molar-refractivity contribution in [2.75, 3.05) is 13.1 Å². The quantitative estimate of drug-likeness (QED) is 0.411. The van der Waals surface area contributed by atoms with E-state index in [9.17, 15) is 4.79 Å². The van der Waals surface area contributed by atoms with Crippen molar-refractivity contribution in [3.63, 3.8) is 0 Å². The van der Waals surface area contributed by atoms with Gasteiger partial charge in [-0.05, 0) is 25.9 Å². The van der Waals surface area contributed by atoms with Gasteiger partial charge < -0.3 is 10.2 Å². The van der Waals surface area contributed by atoms with E-state index in [-0.39, 0.29) is 0 Å². The molecule has 4 nitrogen and oxygen atoms in total. The third kappa shape index (κ3) is 2.33. The number of carbonyl (C=O) groups is 1. The van der Waals surface area contributed by atoms with Gasteiger partial charge in [-0.25, -0.2) is 0 Å². The van der Waals surface area contributed by atoms with Crippen LogP contribution in [0.25, 0.3) is 0 Å². The minimum absolute atomic E-state index is 0.339. The van der Waals surface area contributed by atoms with E-state index >= 15 is 0 Å². The molecule has 0 radical (unpaired) electrons. The zero-order valence-corrected chi connectivity index (χ0v) is 5.80. The zero-order chi connectivity index (χ0) is 7.23. The Morgan fingerprint density at radius 1 is 1.50 bits per heavy atom. The third-order valence-electron chi connectivity index (χ3n) is 1.62. The molecule has 0 spiro atoms. The number of nitrogens with one attached hydrogen (secondary N) is 2. The second kappa shape index (κ2) is 4.24. The number of hydrogen-bond donors (Lipinski definition) is 2. The van der Waals surface area contributed by atoms with Crippen molar-refractivity contribution in [3.8, 4) is 0 Å². The Bertz CT molecular complexity index is 102. The maximum absolute atomic E-state index is 9.75. The van der Waals surface area contributed by atoms with Crippen molar-refractivity contribution in [2.24, 2.45) is 0 Å². The second-order valence-electron chi connectivity index (χ2n) is 2.36. The monoisotopic (exact) mass is 144 g/mol. The van der Waals surface area contributed by atoms with Gasteiger partial charge >= 0.3 is 6.47 Å². The largest absolute Gasteiger partial charge is 0.373 e. The number of hydrogen-bond acceptors (Lipinski definition) is 4. The van der Waals surface area contributed by atoms with E-state index < -0.39 is 0 Å². The van der Waals surface area contributed by atoms with Crippen LogP contribution in [0.4, 0.5) is 0 Å². The van der Waals surface area contributed by atoms with Crippen LogP contribution in [-0.2, 0) is 9.63 Å². The number of hydroxylamine groups is 1. The lowest BCUT2D eigenvalue weighted by molar-refractivity contribution is -0.137. The van der Waals surface area contributed by atoms with Gasteiger partial charge in [-0.1, -0.05) is 0 Å². The molecule has 0 unspecified atom stereocenters. The number of rotatable bonds is 3. The Hall–Kier alpha value is -0.610. The van der Waals surface area contributed by atoms with Crippen LogP contribution in [0.2, 0.25) is 0 Å². The molecule has 0 aromatic heterocycles. The first kappa shape index (κ1) is 7.50. The highest BCUT2D eigenvalue weighted by molar-refractivity contribution is 5.36. The summed E-state index contributed by atoms with van der Waals surface area (Å²) in [7, 11) is 0. The molecule has 0 saturated carbocycles. The van der Waals surface area contributed by atoms with Crippen molar-refractivity contribution in [3.05, 3.63) is 0 Å².